The van der Waals surface area contributed by atoms with Crippen LogP contribution in [0.3, 0.4) is 0 Å². The van der Waals surface area contributed by atoms with Gasteiger partial charge in [-0.15, -0.1) is 0 Å². The zero-order chi connectivity index (χ0) is 17.3. The van der Waals surface area contributed by atoms with Crippen LogP contribution in [-0.2, 0) is 20.2 Å². The molecule has 0 bridgehead atoms. The molecule has 0 aromatic heterocycles. The normalized spacial score (nSPS) is 12.6. The molecular weight excluding hydrogens is 396 g/mol. The van der Waals surface area contributed by atoms with Crippen LogP contribution < -0.4 is 0 Å². The number of halogens is 3. The van der Waals surface area contributed by atoms with E-state index in [0.717, 1.165) is 5.56 Å². The molecular formula is C15H21Cl3O3P2. The molecule has 130 valence electrons. The second-order valence-electron chi connectivity index (χ2n) is 3.90. The van der Waals surface area contributed by atoms with E-state index >= 15 is 0 Å². The first kappa shape index (κ1) is 23.3. The topological polar surface area (TPSA) is 27.7 Å². The van der Waals surface area contributed by atoms with E-state index in [9.17, 15) is 0 Å². The third-order valence-corrected chi connectivity index (χ3v) is 4.39. The van der Waals surface area contributed by atoms with Crippen molar-refractivity contribution in [3.05, 3.63) is 60.2 Å². The van der Waals surface area contributed by atoms with Crippen molar-refractivity contribution in [1.29, 1.82) is 0 Å². The highest BCUT2D eigenvalue weighted by molar-refractivity contribution is 8.00. The van der Waals surface area contributed by atoms with Crippen molar-refractivity contribution < 1.29 is 13.6 Å². The maximum atomic E-state index is 5.70. The lowest BCUT2D eigenvalue weighted by atomic mass is 10.2. The van der Waals surface area contributed by atoms with Gasteiger partial charge in [0.15, 0.2) is 0 Å². The van der Waals surface area contributed by atoms with E-state index in [1.165, 1.54) is 0 Å². The second-order valence-corrected chi connectivity index (χ2v) is 8.70. The maximum absolute atomic E-state index is 5.70. The van der Waals surface area contributed by atoms with Gasteiger partial charge in [-0.05, 0) is 53.1 Å². The number of rotatable bonds is 9. The Kier molecular flexibility index (Phi) is 17.4. The fourth-order valence-corrected chi connectivity index (χ4v) is 2.49. The molecule has 0 fully saturated rings. The van der Waals surface area contributed by atoms with Crippen LogP contribution in [-0.4, -0.2) is 13.2 Å². The molecule has 0 atom stereocenters. The number of allylic oxidation sites excluding steroid dienone is 2. The van der Waals surface area contributed by atoms with Crippen LogP contribution in [0.4, 0.5) is 0 Å². The SMILES string of the molecule is CC=CCOP(Cl)OCC=CC.ClP(Cl)OCc1ccccc1. The van der Waals surface area contributed by atoms with E-state index in [4.69, 9.17) is 47.3 Å². The Hall–Kier alpha value is 0.310. The average molecular weight is 418 g/mol. The van der Waals surface area contributed by atoms with E-state index in [1.807, 2.05) is 68.5 Å². The predicted molar refractivity (Wildman–Crippen MR) is 104 cm³/mol. The Morgan fingerprint density at radius 3 is 1.83 bits per heavy atom. The molecule has 3 nitrogen and oxygen atoms in total. The quantitative estimate of drug-likeness (QED) is 0.307. The van der Waals surface area contributed by atoms with Crippen molar-refractivity contribution in [2.24, 2.45) is 0 Å². The van der Waals surface area contributed by atoms with Gasteiger partial charge < -0.3 is 13.6 Å². The summed E-state index contributed by atoms with van der Waals surface area (Å²) in [4.78, 5) is 0. The first-order valence-corrected chi connectivity index (χ1v) is 12.0. The molecule has 0 aliphatic rings. The molecule has 1 rings (SSSR count). The Labute approximate surface area is 155 Å². The highest BCUT2D eigenvalue weighted by Crippen LogP contribution is 2.48. The van der Waals surface area contributed by atoms with Crippen molar-refractivity contribution in [3.63, 3.8) is 0 Å². The maximum Gasteiger partial charge on any atom is 0.277 e. The summed E-state index contributed by atoms with van der Waals surface area (Å²) in [6.07, 6.45) is 7.59. The molecule has 1 aromatic rings. The van der Waals surface area contributed by atoms with Gasteiger partial charge in [-0.3, -0.25) is 0 Å². The number of benzene rings is 1. The molecule has 0 N–H and O–H groups in total. The number of hydrogen-bond donors (Lipinski definition) is 0. The lowest BCUT2D eigenvalue weighted by Crippen LogP contribution is -1.86. The minimum absolute atomic E-state index is 0.486. The molecule has 0 amide bonds. The standard InChI is InChI=1S/C8H14ClO2P.C7H7Cl2OP/c1-3-5-7-10-12(9)11-8-6-4-2;8-11(9)10-6-7-4-2-1-3-5-7/h3-6H,7-8H2,1-2H3;1-5H,6H2. The molecule has 0 spiro atoms. The van der Waals surface area contributed by atoms with Crippen molar-refractivity contribution >= 4 is 48.3 Å². The third-order valence-electron chi connectivity index (χ3n) is 2.19. The average Bonchev–Trinajstić information content (AvgIpc) is 2.55. The predicted octanol–water partition coefficient (Wildman–Crippen LogP) is 7.55. The van der Waals surface area contributed by atoms with Gasteiger partial charge in [0.05, 0.1) is 19.8 Å². The fraction of sp³-hybridized carbons (Fsp3) is 0.333. The van der Waals surface area contributed by atoms with Gasteiger partial charge in [0.2, 0.25) is 6.85 Å². The van der Waals surface area contributed by atoms with Crippen molar-refractivity contribution in [2.75, 3.05) is 13.2 Å². The molecule has 0 unspecified atom stereocenters. The smallest absolute Gasteiger partial charge is 0.277 e. The Morgan fingerprint density at radius 1 is 0.870 bits per heavy atom. The highest BCUT2D eigenvalue weighted by atomic mass is 35.9. The van der Waals surface area contributed by atoms with Crippen molar-refractivity contribution in [2.45, 2.75) is 20.5 Å². The first-order chi connectivity index (χ1) is 11.1. The fourth-order valence-electron chi connectivity index (χ4n) is 1.13. The first-order valence-electron chi connectivity index (χ1n) is 6.82. The van der Waals surface area contributed by atoms with Crippen LogP contribution in [0.1, 0.15) is 19.4 Å². The van der Waals surface area contributed by atoms with Crippen LogP contribution in [0, 0.1) is 0 Å². The minimum Gasteiger partial charge on any atom is -0.327 e. The second kappa shape index (κ2) is 17.1. The summed E-state index contributed by atoms with van der Waals surface area (Å²) in [7, 11) is -1.23. The van der Waals surface area contributed by atoms with E-state index in [-0.39, 0.29) is 0 Å². The minimum atomic E-state index is -1.28. The third kappa shape index (κ3) is 16.9. The molecule has 0 aliphatic carbocycles. The Morgan fingerprint density at radius 2 is 1.39 bits per heavy atom. The van der Waals surface area contributed by atoms with Crippen molar-refractivity contribution in [3.8, 4) is 0 Å². The van der Waals surface area contributed by atoms with Crippen molar-refractivity contribution in [1.82, 2.24) is 0 Å². The van der Waals surface area contributed by atoms with Gasteiger partial charge in [0.25, 0.3) is 7.73 Å². The largest absolute Gasteiger partial charge is 0.327 e. The molecule has 0 saturated heterocycles. The monoisotopic (exact) mass is 416 g/mol. The molecule has 0 heterocycles. The van der Waals surface area contributed by atoms with Gasteiger partial charge >= 0.3 is 0 Å². The zero-order valence-electron chi connectivity index (χ0n) is 13.1. The number of hydrogen-bond acceptors (Lipinski definition) is 3. The zero-order valence-corrected chi connectivity index (χ0v) is 17.1. The molecule has 23 heavy (non-hydrogen) atoms. The van der Waals surface area contributed by atoms with Crippen LogP contribution in [0.5, 0.6) is 0 Å². The highest BCUT2D eigenvalue weighted by Gasteiger charge is 2.02. The summed E-state index contributed by atoms with van der Waals surface area (Å²) in [6, 6.07) is 9.78. The molecule has 0 saturated carbocycles. The lowest BCUT2D eigenvalue weighted by Gasteiger charge is -2.06. The summed E-state index contributed by atoms with van der Waals surface area (Å²) in [5.41, 5.74) is 1.08. The van der Waals surface area contributed by atoms with E-state index in [1.54, 1.807) is 0 Å². The molecule has 0 aliphatic heterocycles. The van der Waals surface area contributed by atoms with E-state index < -0.39 is 14.6 Å². The van der Waals surface area contributed by atoms with Gasteiger partial charge in [0, 0.05) is 0 Å². The van der Waals surface area contributed by atoms with E-state index in [0.29, 0.717) is 19.8 Å². The van der Waals surface area contributed by atoms with Gasteiger partial charge in [-0.25, -0.2) is 0 Å². The van der Waals surface area contributed by atoms with Gasteiger partial charge in [0.1, 0.15) is 0 Å². The van der Waals surface area contributed by atoms with E-state index in [2.05, 4.69) is 0 Å². The van der Waals surface area contributed by atoms with Crippen LogP contribution in [0.2, 0.25) is 0 Å². The summed E-state index contributed by atoms with van der Waals surface area (Å²) >= 11 is 16.6. The van der Waals surface area contributed by atoms with Crippen LogP contribution in [0.15, 0.2) is 54.6 Å². The molecule has 1 aromatic carbocycles. The lowest BCUT2D eigenvalue weighted by molar-refractivity contribution is 0.303. The summed E-state index contributed by atoms with van der Waals surface area (Å²) < 4.78 is 15.3. The summed E-state index contributed by atoms with van der Waals surface area (Å²) in [5.74, 6) is 0. The van der Waals surface area contributed by atoms with Gasteiger partial charge in [-0.1, -0.05) is 54.6 Å². The Bertz CT molecular complexity index is 415. The molecule has 0 radical (unpaired) electrons. The summed E-state index contributed by atoms with van der Waals surface area (Å²) in [6.45, 7) is 4.10. The summed E-state index contributed by atoms with van der Waals surface area (Å²) in [5, 5.41) is 0. The Balaban J connectivity index is 0.000000422. The van der Waals surface area contributed by atoms with Crippen LogP contribution in [0.25, 0.3) is 0 Å². The molecule has 8 heteroatoms. The van der Waals surface area contributed by atoms with Crippen LogP contribution >= 0.6 is 48.3 Å². The van der Waals surface area contributed by atoms with Gasteiger partial charge in [-0.2, -0.15) is 0 Å².